The Morgan fingerprint density at radius 1 is 1.45 bits per heavy atom. The number of nitrogens with zero attached hydrogens (tertiary/aromatic N) is 3. The first kappa shape index (κ1) is 14.7. The number of anilines is 1. The van der Waals surface area contributed by atoms with Crippen molar-refractivity contribution in [1.82, 2.24) is 9.88 Å². The van der Waals surface area contributed by atoms with Crippen LogP contribution in [-0.4, -0.2) is 41.0 Å². The normalized spacial score (nSPS) is 17.6. The molecule has 0 saturated carbocycles. The number of pyridine rings is 1. The Balaban J connectivity index is 1.83. The Kier molecular flexibility index (Phi) is 5.29. The van der Waals surface area contributed by atoms with Gasteiger partial charge >= 0.3 is 5.69 Å². The van der Waals surface area contributed by atoms with Crippen LogP contribution in [0.25, 0.3) is 0 Å². The average Bonchev–Trinajstić information content (AvgIpc) is 2.46. The molecule has 1 aromatic heterocycles. The molecule has 1 aliphatic heterocycles. The summed E-state index contributed by atoms with van der Waals surface area (Å²) in [6.45, 7) is 6.25. The summed E-state index contributed by atoms with van der Waals surface area (Å²) >= 11 is 0. The fourth-order valence-electron chi connectivity index (χ4n) is 2.60. The highest BCUT2D eigenvalue weighted by atomic mass is 16.6. The predicted octanol–water partition coefficient (Wildman–Crippen LogP) is 2.52. The highest BCUT2D eigenvalue weighted by molar-refractivity contribution is 5.54. The number of likely N-dealkylation sites (tertiary alicyclic amines) is 1. The molecule has 1 N–H and O–H groups in total. The second-order valence-corrected chi connectivity index (χ2v) is 5.48. The van der Waals surface area contributed by atoms with Crippen LogP contribution in [0.5, 0.6) is 0 Å². The predicted molar refractivity (Wildman–Crippen MR) is 78.8 cm³/mol. The van der Waals surface area contributed by atoms with Crippen LogP contribution in [-0.2, 0) is 0 Å². The van der Waals surface area contributed by atoms with Crippen molar-refractivity contribution in [2.45, 2.75) is 26.2 Å². The van der Waals surface area contributed by atoms with Gasteiger partial charge in [-0.1, -0.05) is 13.3 Å². The lowest BCUT2D eigenvalue weighted by molar-refractivity contribution is -0.384. The van der Waals surface area contributed by atoms with Gasteiger partial charge in [0.05, 0.1) is 4.92 Å². The Bertz CT molecular complexity index is 447. The van der Waals surface area contributed by atoms with E-state index in [4.69, 9.17) is 0 Å². The van der Waals surface area contributed by atoms with Crippen LogP contribution in [0.2, 0.25) is 0 Å². The molecule has 1 saturated heterocycles. The second kappa shape index (κ2) is 7.19. The summed E-state index contributed by atoms with van der Waals surface area (Å²) < 4.78 is 0. The summed E-state index contributed by atoms with van der Waals surface area (Å²) in [5.74, 6) is 0.803. The van der Waals surface area contributed by atoms with E-state index in [2.05, 4.69) is 22.1 Å². The van der Waals surface area contributed by atoms with Crippen LogP contribution in [0.4, 0.5) is 11.5 Å². The Morgan fingerprint density at radius 2 is 2.20 bits per heavy atom. The number of hydrogen-bond acceptors (Lipinski definition) is 5. The molecule has 1 atom stereocenters. The topological polar surface area (TPSA) is 71.3 Å². The van der Waals surface area contributed by atoms with Gasteiger partial charge in [0.15, 0.2) is 0 Å². The van der Waals surface area contributed by atoms with Crippen molar-refractivity contribution >= 4 is 11.5 Å². The summed E-state index contributed by atoms with van der Waals surface area (Å²) in [5.41, 5.74) is 0.0395. The number of piperidine rings is 1. The SMILES string of the molecule is CC(CNc1ncccc1[N+](=O)[O-])CN1CCCCC1. The molecule has 2 rings (SSSR count). The first-order valence-electron chi connectivity index (χ1n) is 7.22. The largest absolute Gasteiger partial charge is 0.364 e. The molecule has 6 nitrogen and oxygen atoms in total. The fourth-order valence-corrected chi connectivity index (χ4v) is 2.60. The van der Waals surface area contributed by atoms with Gasteiger partial charge in [-0.05, 0) is 37.9 Å². The molecule has 1 unspecified atom stereocenters. The zero-order valence-electron chi connectivity index (χ0n) is 11.9. The number of aromatic nitrogens is 1. The van der Waals surface area contributed by atoms with E-state index < -0.39 is 4.92 Å². The lowest BCUT2D eigenvalue weighted by Gasteiger charge is -2.29. The summed E-state index contributed by atoms with van der Waals surface area (Å²) in [4.78, 5) is 17.0. The maximum absolute atomic E-state index is 10.9. The lowest BCUT2D eigenvalue weighted by atomic mass is 10.1. The van der Waals surface area contributed by atoms with Crippen LogP contribution in [0.1, 0.15) is 26.2 Å². The Labute approximate surface area is 119 Å². The van der Waals surface area contributed by atoms with E-state index in [1.54, 1.807) is 12.3 Å². The zero-order valence-corrected chi connectivity index (χ0v) is 11.9. The van der Waals surface area contributed by atoms with Gasteiger partial charge in [0.2, 0.25) is 5.82 Å². The van der Waals surface area contributed by atoms with E-state index in [1.165, 1.54) is 38.4 Å². The van der Waals surface area contributed by atoms with Crippen LogP contribution in [0.3, 0.4) is 0 Å². The van der Waals surface area contributed by atoms with Crippen molar-refractivity contribution in [3.05, 3.63) is 28.4 Å². The standard InChI is InChI=1S/C14H22N4O2/c1-12(11-17-8-3-2-4-9-17)10-16-14-13(18(19)20)6-5-7-15-14/h5-7,12H,2-4,8-11H2,1H3,(H,15,16). The minimum atomic E-state index is -0.398. The van der Waals surface area contributed by atoms with Crippen LogP contribution in [0, 0.1) is 16.0 Å². The monoisotopic (exact) mass is 278 g/mol. The van der Waals surface area contributed by atoms with Gasteiger partial charge in [-0.2, -0.15) is 0 Å². The maximum Gasteiger partial charge on any atom is 0.311 e. The first-order chi connectivity index (χ1) is 9.66. The van der Waals surface area contributed by atoms with Gasteiger partial charge in [-0.25, -0.2) is 4.98 Å². The summed E-state index contributed by atoms with van der Waals surface area (Å²) in [7, 11) is 0. The molecule has 0 bridgehead atoms. The molecule has 0 aromatic carbocycles. The van der Waals surface area contributed by atoms with E-state index >= 15 is 0 Å². The molecular weight excluding hydrogens is 256 g/mol. The number of rotatable bonds is 6. The first-order valence-corrected chi connectivity index (χ1v) is 7.22. The van der Waals surface area contributed by atoms with Crippen molar-refractivity contribution in [2.24, 2.45) is 5.92 Å². The molecule has 20 heavy (non-hydrogen) atoms. The third-order valence-corrected chi connectivity index (χ3v) is 3.62. The maximum atomic E-state index is 10.9. The van der Waals surface area contributed by atoms with Crippen molar-refractivity contribution in [2.75, 3.05) is 31.5 Å². The van der Waals surface area contributed by atoms with Crippen molar-refractivity contribution < 1.29 is 4.92 Å². The molecule has 0 spiro atoms. The third kappa shape index (κ3) is 4.16. The molecule has 110 valence electrons. The minimum Gasteiger partial charge on any atom is -0.364 e. The molecule has 1 aliphatic rings. The Hall–Kier alpha value is -1.69. The average molecular weight is 278 g/mol. The van der Waals surface area contributed by atoms with Gasteiger partial charge in [-0.15, -0.1) is 0 Å². The smallest absolute Gasteiger partial charge is 0.311 e. The van der Waals surface area contributed by atoms with Gasteiger partial charge in [0.1, 0.15) is 0 Å². The van der Waals surface area contributed by atoms with E-state index in [0.717, 1.165) is 6.54 Å². The summed E-state index contributed by atoms with van der Waals surface area (Å²) in [6.07, 6.45) is 5.48. The molecule has 6 heteroatoms. The molecule has 1 aromatic rings. The molecule has 1 fully saturated rings. The quantitative estimate of drug-likeness (QED) is 0.639. The number of nitrogens with one attached hydrogen (secondary N) is 1. The summed E-state index contributed by atoms with van der Waals surface area (Å²) in [6, 6.07) is 3.06. The van der Waals surface area contributed by atoms with Gasteiger partial charge in [-0.3, -0.25) is 10.1 Å². The Morgan fingerprint density at radius 3 is 2.90 bits per heavy atom. The van der Waals surface area contributed by atoms with Crippen LogP contribution >= 0.6 is 0 Å². The lowest BCUT2D eigenvalue weighted by Crippen LogP contribution is -2.35. The van der Waals surface area contributed by atoms with E-state index in [0.29, 0.717) is 18.3 Å². The molecule has 0 aliphatic carbocycles. The molecule has 2 heterocycles. The highest BCUT2D eigenvalue weighted by Crippen LogP contribution is 2.20. The third-order valence-electron chi connectivity index (χ3n) is 3.62. The summed E-state index contributed by atoms with van der Waals surface area (Å²) in [5, 5.41) is 14.0. The van der Waals surface area contributed by atoms with E-state index in [9.17, 15) is 10.1 Å². The minimum absolute atomic E-state index is 0.0395. The van der Waals surface area contributed by atoms with Gasteiger partial charge in [0.25, 0.3) is 0 Å². The van der Waals surface area contributed by atoms with Crippen LogP contribution < -0.4 is 5.32 Å². The zero-order chi connectivity index (χ0) is 14.4. The molecular formula is C14H22N4O2. The number of nitro groups is 1. The van der Waals surface area contributed by atoms with Gasteiger partial charge < -0.3 is 10.2 Å². The van der Waals surface area contributed by atoms with Gasteiger partial charge in [0, 0.05) is 25.4 Å². The van der Waals surface area contributed by atoms with Crippen molar-refractivity contribution in [1.29, 1.82) is 0 Å². The van der Waals surface area contributed by atoms with Crippen molar-refractivity contribution in [3.8, 4) is 0 Å². The number of hydrogen-bond donors (Lipinski definition) is 1. The van der Waals surface area contributed by atoms with E-state index in [-0.39, 0.29) is 5.69 Å². The highest BCUT2D eigenvalue weighted by Gasteiger charge is 2.16. The van der Waals surface area contributed by atoms with Crippen LogP contribution in [0.15, 0.2) is 18.3 Å². The van der Waals surface area contributed by atoms with Crippen molar-refractivity contribution in [3.63, 3.8) is 0 Å². The molecule has 0 amide bonds. The van der Waals surface area contributed by atoms with E-state index in [1.807, 2.05) is 0 Å². The second-order valence-electron chi connectivity index (χ2n) is 5.48. The molecule has 0 radical (unpaired) electrons. The fraction of sp³-hybridized carbons (Fsp3) is 0.643.